The molecular formula is C12H16ClN3O3. The molecule has 0 radical (unpaired) electrons. The molecule has 0 aromatic heterocycles. The lowest BCUT2D eigenvalue weighted by Gasteiger charge is -2.10. The second-order valence-electron chi connectivity index (χ2n) is 3.76. The first-order valence-corrected chi connectivity index (χ1v) is 6.03. The van der Waals surface area contributed by atoms with Gasteiger partial charge in [0.25, 0.3) is 0 Å². The molecule has 0 aliphatic heterocycles. The summed E-state index contributed by atoms with van der Waals surface area (Å²) in [4.78, 5) is 22.8. The van der Waals surface area contributed by atoms with Crippen molar-refractivity contribution < 1.29 is 14.3 Å². The highest BCUT2D eigenvalue weighted by atomic mass is 35.5. The molecule has 7 heteroatoms. The molecule has 0 spiro atoms. The molecule has 0 saturated heterocycles. The van der Waals surface area contributed by atoms with Gasteiger partial charge in [-0.25, -0.2) is 0 Å². The van der Waals surface area contributed by atoms with Gasteiger partial charge in [0.2, 0.25) is 11.8 Å². The highest BCUT2D eigenvalue weighted by molar-refractivity contribution is 6.33. The minimum atomic E-state index is -0.288. The molecule has 0 aliphatic carbocycles. The normalized spacial score (nSPS) is 10.1. The summed E-state index contributed by atoms with van der Waals surface area (Å²) in [6.07, 6.45) is 0.205. The van der Waals surface area contributed by atoms with Crippen molar-refractivity contribution >= 4 is 34.8 Å². The number of halogens is 1. The number of carbonyl (C=O) groups excluding carboxylic acids is 2. The SMILES string of the molecule is COCC(=O)Nc1ccc(Cl)c(NC(=O)CCN)c1. The molecular weight excluding hydrogens is 270 g/mol. The van der Waals surface area contributed by atoms with Crippen LogP contribution in [-0.4, -0.2) is 32.1 Å². The van der Waals surface area contributed by atoms with Gasteiger partial charge in [-0.15, -0.1) is 0 Å². The van der Waals surface area contributed by atoms with E-state index in [1.54, 1.807) is 18.2 Å². The number of amides is 2. The van der Waals surface area contributed by atoms with Crippen molar-refractivity contribution in [2.24, 2.45) is 5.73 Å². The third kappa shape index (κ3) is 5.25. The zero-order valence-corrected chi connectivity index (χ0v) is 11.3. The van der Waals surface area contributed by atoms with Crippen LogP contribution in [0.3, 0.4) is 0 Å². The van der Waals surface area contributed by atoms with E-state index < -0.39 is 0 Å². The average molecular weight is 286 g/mol. The van der Waals surface area contributed by atoms with Crippen LogP contribution in [0.2, 0.25) is 5.02 Å². The number of methoxy groups -OCH3 is 1. The van der Waals surface area contributed by atoms with Crippen LogP contribution in [0, 0.1) is 0 Å². The number of hydrogen-bond acceptors (Lipinski definition) is 4. The zero-order valence-electron chi connectivity index (χ0n) is 10.5. The molecule has 0 unspecified atom stereocenters. The highest BCUT2D eigenvalue weighted by Crippen LogP contribution is 2.25. The molecule has 4 N–H and O–H groups in total. The predicted octanol–water partition coefficient (Wildman–Crippen LogP) is 1.21. The van der Waals surface area contributed by atoms with Crippen LogP contribution in [0.4, 0.5) is 11.4 Å². The maximum Gasteiger partial charge on any atom is 0.250 e. The Labute approximate surface area is 116 Å². The number of benzene rings is 1. The van der Waals surface area contributed by atoms with E-state index in [0.717, 1.165) is 0 Å². The summed E-state index contributed by atoms with van der Waals surface area (Å²) in [6.45, 7) is 0.214. The lowest BCUT2D eigenvalue weighted by molar-refractivity contribution is -0.119. The first-order valence-electron chi connectivity index (χ1n) is 5.65. The molecule has 0 saturated carbocycles. The molecule has 19 heavy (non-hydrogen) atoms. The van der Waals surface area contributed by atoms with E-state index >= 15 is 0 Å². The van der Waals surface area contributed by atoms with Gasteiger partial charge in [-0.2, -0.15) is 0 Å². The molecule has 2 amide bonds. The first-order chi connectivity index (χ1) is 9.06. The predicted molar refractivity (Wildman–Crippen MR) is 74.3 cm³/mol. The fourth-order valence-corrected chi connectivity index (χ4v) is 1.54. The summed E-state index contributed by atoms with van der Waals surface area (Å²) in [5.41, 5.74) is 6.23. The number of hydrogen-bond donors (Lipinski definition) is 3. The summed E-state index contributed by atoms with van der Waals surface area (Å²) < 4.78 is 4.70. The number of nitrogens with two attached hydrogens (primary N) is 1. The van der Waals surface area contributed by atoms with Gasteiger partial charge in [0.1, 0.15) is 6.61 Å². The lowest BCUT2D eigenvalue weighted by Crippen LogP contribution is -2.18. The Hall–Kier alpha value is -1.63. The Kier molecular flexibility index (Phi) is 6.27. The van der Waals surface area contributed by atoms with Crippen molar-refractivity contribution in [1.29, 1.82) is 0 Å². The Bertz CT molecular complexity index is 466. The smallest absolute Gasteiger partial charge is 0.250 e. The molecule has 0 aliphatic rings. The number of rotatable bonds is 6. The second-order valence-corrected chi connectivity index (χ2v) is 4.17. The number of ether oxygens (including phenoxy) is 1. The standard InChI is InChI=1S/C12H16ClN3O3/c1-19-7-12(18)15-8-2-3-9(13)10(6-8)16-11(17)4-5-14/h2-3,6H,4-5,7,14H2,1H3,(H,15,18)(H,16,17). The monoisotopic (exact) mass is 285 g/mol. The van der Waals surface area contributed by atoms with Gasteiger partial charge in [-0.3, -0.25) is 9.59 Å². The van der Waals surface area contributed by atoms with E-state index in [-0.39, 0.29) is 31.4 Å². The van der Waals surface area contributed by atoms with Gasteiger partial charge in [-0.05, 0) is 18.2 Å². The summed E-state index contributed by atoms with van der Waals surface area (Å²) in [5.74, 6) is -0.520. The van der Waals surface area contributed by atoms with E-state index in [1.807, 2.05) is 0 Å². The average Bonchev–Trinajstić information content (AvgIpc) is 2.34. The second kappa shape index (κ2) is 7.73. The summed E-state index contributed by atoms with van der Waals surface area (Å²) in [5, 5.41) is 5.62. The molecule has 0 bridgehead atoms. The Morgan fingerprint density at radius 2 is 2.05 bits per heavy atom. The Morgan fingerprint density at radius 1 is 1.32 bits per heavy atom. The molecule has 1 aromatic rings. The van der Waals surface area contributed by atoms with Gasteiger partial charge in [0.05, 0.1) is 10.7 Å². The van der Waals surface area contributed by atoms with Crippen LogP contribution in [0.5, 0.6) is 0 Å². The van der Waals surface area contributed by atoms with Crippen LogP contribution in [0.25, 0.3) is 0 Å². The van der Waals surface area contributed by atoms with Crippen molar-refractivity contribution in [2.45, 2.75) is 6.42 Å². The number of carbonyl (C=O) groups is 2. The Balaban J connectivity index is 2.76. The first kappa shape index (κ1) is 15.4. The summed E-state index contributed by atoms with van der Waals surface area (Å²) in [6, 6.07) is 4.79. The van der Waals surface area contributed by atoms with Gasteiger partial charge < -0.3 is 21.1 Å². The molecule has 0 heterocycles. The molecule has 1 aromatic carbocycles. The van der Waals surface area contributed by atoms with Crippen molar-refractivity contribution in [3.63, 3.8) is 0 Å². The zero-order chi connectivity index (χ0) is 14.3. The maximum absolute atomic E-state index is 11.4. The fourth-order valence-electron chi connectivity index (χ4n) is 1.37. The van der Waals surface area contributed by atoms with E-state index in [1.165, 1.54) is 7.11 Å². The van der Waals surface area contributed by atoms with Crippen molar-refractivity contribution in [3.8, 4) is 0 Å². The molecule has 0 atom stereocenters. The molecule has 6 nitrogen and oxygen atoms in total. The van der Waals surface area contributed by atoms with E-state index in [4.69, 9.17) is 22.1 Å². The fraction of sp³-hybridized carbons (Fsp3) is 0.333. The van der Waals surface area contributed by atoms with Crippen LogP contribution >= 0.6 is 11.6 Å². The Morgan fingerprint density at radius 3 is 2.68 bits per heavy atom. The van der Waals surface area contributed by atoms with Crippen LogP contribution in [0.1, 0.15) is 6.42 Å². The van der Waals surface area contributed by atoms with Crippen molar-refractivity contribution in [2.75, 3.05) is 30.9 Å². The minimum absolute atomic E-state index is 0.0442. The van der Waals surface area contributed by atoms with Gasteiger partial charge in [-0.1, -0.05) is 11.6 Å². The van der Waals surface area contributed by atoms with Crippen LogP contribution in [-0.2, 0) is 14.3 Å². The maximum atomic E-state index is 11.4. The minimum Gasteiger partial charge on any atom is -0.375 e. The van der Waals surface area contributed by atoms with E-state index in [0.29, 0.717) is 16.4 Å². The molecule has 104 valence electrons. The lowest BCUT2D eigenvalue weighted by atomic mass is 10.2. The van der Waals surface area contributed by atoms with Gasteiger partial charge in [0, 0.05) is 25.8 Å². The van der Waals surface area contributed by atoms with Crippen molar-refractivity contribution in [1.82, 2.24) is 0 Å². The van der Waals surface area contributed by atoms with Crippen LogP contribution < -0.4 is 16.4 Å². The van der Waals surface area contributed by atoms with E-state index in [2.05, 4.69) is 10.6 Å². The van der Waals surface area contributed by atoms with Crippen LogP contribution in [0.15, 0.2) is 18.2 Å². The van der Waals surface area contributed by atoms with Gasteiger partial charge >= 0.3 is 0 Å². The molecule has 1 rings (SSSR count). The number of nitrogens with one attached hydrogen (secondary N) is 2. The highest BCUT2D eigenvalue weighted by Gasteiger charge is 2.08. The number of anilines is 2. The quantitative estimate of drug-likeness (QED) is 0.732. The third-order valence-corrected chi connectivity index (χ3v) is 2.50. The third-order valence-electron chi connectivity index (χ3n) is 2.17. The largest absolute Gasteiger partial charge is 0.375 e. The van der Waals surface area contributed by atoms with E-state index in [9.17, 15) is 9.59 Å². The summed E-state index contributed by atoms with van der Waals surface area (Å²) in [7, 11) is 1.43. The topological polar surface area (TPSA) is 93.5 Å². The molecule has 0 fully saturated rings. The van der Waals surface area contributed by atoms with Gasteiger partial charge in [0.15, 0.2) is 0 Å². The summed E-state index contributed by atoms with van der Waals surface area (Å²) >= 11 is 5.95. The van der Waals surface area contributed by atoms with Crippen molar-refractivity contribution in [3.05, 3.63) is 23.2 Å².